The Morgan fingerprint density at radius 1 is 1.12 bits per heavy atom. The third-order valence-electron chi connectivity index (χ3n) is 3.16. The third kappa shape index (κ3) is 3.40. The molecule has 24 heavy (non-hydrogen) atoms. The number of halogens is 2. The Morgan fingerprint density at radius 3 is 2.42 bits per heavy atom. The molecule has 8 heteroatoms. The van der Waals surface area contributed by atoms with Crippen molar-refractivity contribution >= 4 is 45.2 Å². The lowest BCUT2D eigenvalue weighted by atomic mass is 10.1. The maximum atomic E-state index is 12.4. The fourth-order valence-corrected chi connectivity index (χ4v) is 3.13. The average molecular weight is 385 g/mol. The molecule has 0 fully saturated rings. The lowest BCUT2D eigenvalue weighted by molar-refractivity contribution is 0.101. The van der Waals surface area contributed by atoms with Gasteiger partial charge in [0, 0.05) is 21.7 Å². The van der Waals surface area contributed by atoms with Gasteiger partial charge in [-0.25, -0.2) is 0 Å². The van der Waals surface area contributed by atoms with E-state index in [1.54, 1.807) is 18.2 Å². The van der Waals surface area contributed by atoms with E-state index in [-0.39, 0.29) is 23.0 Å². The van der Waals surface area contributed by atoms with Crippen LogP contribution in [0.15, 0.2) is 42.2 Å². The summed E-state index contributed by atoms with van der Waals surface area (Å²) < 4.78 is 32.6. The molecular formula is C16H10Cl2O5S. The Hall–Kier alpha value is -2.02. The van der Waals surface area contributed by atoms with Gasteiger partial charge in [0.05, 0.1) is 11.8 Å². The van der Waals surface area contributed by atoms with Crippen molar-refractivity contribution in [2.45, 2.75) is 0 Å². The van der Waals surface area contributed by atoms with E-state index in [1.807, 2.05) is 0 Å². The summed E-state index contributed by atoms with van der Waals surface area (Å²) in [7, 11) is -3.67. The average Bonchev–Trinajstić information content (AvgIpc) is 2.77. The predicted molar refractivity (Wildman–Crippen MR) is 91.3 cm³/mol. The molecule has 0 saturated heterocycles. The molecular weight excluding hydrogens is 375 g/mol. The first kappa shape index (κ1) is 16.8. The predicted octanol–water partition coefficient (Wildman–Crippen LogP) is 3.95. The van der Waals surface area contributed by atoms with Gasteiger partial charge in [-0.1, -0.05) is 29.3 Å². The largest absolute Gasteiger partial charge is 0.452 e. The van der Waals surface area contributed by atoms with E-state index in [4.69, 9.17) is 32.1 Å². The van der Waals surface area contributed by atoms with Crippen LogP contribution in [0.5, 0.6) is 11.5 Å². The van der Waals surface area contributed by atoms with Gasteiger partial charge < -0.3 is 8.92 Å². The van der Waals surface area contributed by atoms with Crippen molar-refractivity contribution in [1.29, 1.82) is 0 Å². The summed E-state index contributed by atoms with van der Waals surface area (Å²) in [6, 6.07) is 9.13. The van der Waals surface area contributed by atoms with E-state index in [0.29, 0.717) is 21.2 Å². The molecule has 0 spiro atoms. The standard InChI is InChI=1S/C16H10Cl2O5S/c1-24(20,21)23-9-5-6-10-14(7-9)22-15(16(10)19)8-11-12(17)3-2-4-13(11)18/h2-8H,1H3/b15-8-. The molecule has 0 unspecified atom stereocenters. The van der Waals surface area contributed by atoms with Crippen LogP contribution in [0.4, 0.5) is 0 Å². The Labute approximate surface area is 148 Å². The monoisotopic (exact) mass is 384 g/mol. The first-order valence-electron chi connectivity index (χ1n) is 6.66. The summed E-state index contributed by atoms with van der Waals surface area (Å²) >= 11 is 12.2. The number of carbonyl (C=O) groups excluding carboxylic acids is 1. The van der Waals surface area contributed by atoms with Gasteiger partial charge in [0.2, 0.25) is 5.78 Å². The molecule has 0 bridgehead atoms. The smallest absolute Gasteiger partial charge is 0.306 e. The summed E-state index contributed by atoms with van der Waals surface area (Å²) in [4.78, 5) is 12.4. The van der Waals surface area contributed by atoms with Crippen LogP contribution in [-0.4, -0.2) is 20.5 Å². The molecule has 124 valence electrons. The molecule has 0 aromatic heterocycles. The zero-order valence-electron chi connectivity index (χ0n) is 12.2. The minimum atomic E-state index is -3.67. The van der Waals surface area contributed by atoms with Crippen molar-refractivity contribution in [3.8, 4) is 11.5 Å². The first-order valence-corrected chi connectivity index (χ1v) is 9.23. The van der Waals surface area contributed by atoms with Crippen LogP contribution in [0.2, 0.25) is 10.0 Å². The molecule has 1 aliphatic heterocycles. The fourth-order valence-electron chi connectivity index (χ4n) is 2.17. The summed E-state index contributed by atoms with van der Waals surface area (Å²) in [6.07, 6.45) is 2.38. The zero-order chi connectivity index (χ0) is 17.5. The molecule has 0 saturated carbocycles. The van der Waals surface area contributed by atoms with Gasteiger partial charge >= 0.3 is 10.1 Å². The number of Topliss-reactive ketones (excluding diaryl/α,β-unsaturated/α-hetero) is 1. The van der Waals surface area contributed by atoms with Crippen LogP contribution in [-0.2, 0) is 10.1 Å². The summed E-state index contributed by atoms with van der Waals surface area (Å²) in [5, 5.41) is 0.756. The highest BCUT2D eigenvalue weighted by Gasteiger charge is 2.28. The van der Waals surface area contributed by atoms with Gasteiger partial charge in [0.15, 0.2) is 5.76 Å². The normalized spacial score (nSPS) is 15.3. The summed E-state index contributed by atoms with van der Waals surface area (Å²) in [5.74, 6) is -0.0555. The highest BCUT2D eigenvalue weighted by Crippen LogP contribution is 2.36. The van der Waals surface area contributed by atoms with E-state index in [2.05, 4.69) is 0 Å². The van der Waals surface area contributed by atoms with Crippen molar-refractivity contribution in [2.24, 2.45) is 0 Å². The van der Waals surface area contributed by atoms with Crippen LogP contribution in [0.3, 0.4) is 0 Å². The second-order valence-electron chi connectivity index (χ2n) is 5.02. The van der Waals surface area contributed by atoms with E-state index in [0.717, 1.165) is 6.26 Å². The molecule has 3 rings (SSSR count). The first-order chi connectivity index (χ1) is 11.2. The number of rotatable bonds is 3. The van der Waals surface area contributed by atoms with E-state index in [1.165, 1.54) is 24.3 Å². The number of benzene rings is 2. The third-order valence-corrected chi connectivity index (χ3v) is 4.32. The maximum absolute atomic E-state index is 12.4. The Kier molecular flexibility index (Phi) is 4.29. The molecule has 2 aromatic rings. The quantitative estimate of drug-likeness (QED) is 0.591. The summed E-state index contributed by atoms with van der Waals surface area (Å²) in [5.41, 5.74) is 0.759. The molecule has 0 N–H and O–H groups in total. The van der Waals surface area contributed by atoms with Crippen LogP contribution < -0.4 is 8.92 Å². The molecule has 0 atom stereocenters. The number of ether oxygens (including phenoxy) is 1. The minimum absolute atomic E-state index is 0.0384. The van der Waals surface area contributed by atoms with Crippen LogP contribution >= 0.6 is 23.2 Å². The number of hydrogen-bond donors (Lipinski definition) is 0. The Bertz CT molecular complexity index is 960. The van der Waals surface area contributed by atoms with Crippen molar-refractivity contribution in [3.05, 3.63) is 63.3 Å². The number of carbonyl (C=O) groups is 1. The van der Waals surface area contributed by atoms with Crippen molar-refractivity contribution < 1.29 is 22.1 Å². The van der Waals surface area contributed by atoms with E-state index < -0.39 is 10.1 Å². The van der Waals surface area contributed by atoms with Crippen LogP contribution in [0, 0.1) is 0 Å². The number of hydrogen-bond acceptors (Lipinski definition) is 5. The van der Waals surface area contributed by atoms with Crippen LogP contribution in [0.25, 0.3) is 6.08 Å². The molecule has 1 heterocycles. The Balaban J connectivity index is 1.98. The molecule has 0 radical (unpaired) electrons. The van der Waals surface area contributed by atoms with Crippen molar-refractivity contribution in [1.82, 2.24) is 0 Å². The SMILES string of the molecule is CS(=O)(=O)Oc1ccc2c(c1)O/C(=C\c1c(Cl)cccc1Cl)C2=O. The molecule has 0 aliphatic carbocycles. The fraction of sp³-hybridized carbons (Fsp3) is 0.0625. The topological polar surface area (TPSA) is 69.7 Å². The summed E-state index contributed by atoms with van der Waals surface area (Å²) in [6.45, 7) is 0. The second kappa shape index (κ2) is 6.12. The zero-order valence-corrected chi connectivity index (χ0v) is 14.6. The number of allylic oxidation sites excluding steroid dienone is 1. The van der Waals surface area contributed by atoms with Gasteiger partial charge in [-0.2, -0.15) is 8.42 Å². The molecule has 5 nitrogen and oxygen atoms in total. The number of fused-ring (bicyclic) bond motifs is 1. The van der Waals surface area contributed by atoms with Crippen molar-refractivity contribution in [2.75, 3.05) is 6.26 Å². The van der Waals surface area contributed by atoms with Gasteiger partial charge in [-0.15, -0.1) is 0 Å². The second-order valence-corrected chi connectivity index (χ2v) is 7.41. The van der Waals surface area contributed by atoms with E-state index in [9.17, 15) is 13.2 Å². The minimum Gasteiger partial charge on any atom is -0.452 e. The van der Waals surface area contributed by atoms with E-state index >= 15 is 0 Å². The molecule has 2 aromatic carbocycles. The van der Waals surface area contributed by atoms with Gasteiger partial charge in [-0.05, 0) is 30.3 Å². The van der Waals surface area contributed by atoms with Gasteiger partial charge in [0.25, 0.3) is 0 Å². The lowest BCUT2D eigenvalue weighted by Crippen LogP contribution is -2.05. The van der Waals surface area contributed by atoms with Gasteiger partial charge in [-0.3, -0.25) is 4.79 Å². The van der Waals surface area contributed by atoms with Crippen LogP contribution in [0.1, 0.15) is 15.9 Å². The van der Waals surface area contributed by atoms with Gasteiger partial charge in [0.1, 0.15) is 11.5 Å². The highest BCUT2D eigenvalue weighted by molar-refractivity contribution is 7.86. The number of ketones is 1. The maximum Gasteiger partial charge on any atom is 0.306 e. The molecule has 1 aliphatic rings. The van der Waals surface area contributed by atoms with Crippen molar-refractivity contribution in [3.63, 3.8) is 0 Å². The Morgan fingerprint density at radius 2 is 1.79 bits per heavy atom. The molecule has 0 amide bonds. The highest BCUT2D eigenvalue weighted by atomic mass is 35.5. The lowest BCUT2D eigenvalue weighted by Gasteiger charge is -2.04.